The van der Waals surface area contributed by atoms with Crippen LogP contribution < -0.4 is 10.4 Å². The van der Waals surface area contributed by atoms with Crippen LogP contribution in [0.1, 0.15) is 5.56 Å². The Balaban J connectivity index is 2.25. The predicted molar refractivity (Wildman–Crippen MR) is 88.8 cm³/mol. The number of benzene rings is 2. The van der Waals surface area contributed by atoms with Crippen molar-refractivity contribution in [2.45, 2.75) is 6.92 Å². The lowest BCUT2D eigenvalue weighted by Gasteiger charge is -2.12. The number of ether oxygens (including phenoxy) is 1. The molecule has 0 unspecified atom stereocenters. The highest BCUT2D eigenvalue weighted by atomic mass is 35.5. The zero-order chi connectivity index (χ0) is 15.9. The zero-order valence-corrected chi connectivity index (χ0v) is 13.6. The van der Waals surface area contributed by atoms with Gasteiger partial charge >= 0.3 is 5.63 Å². The second kappa shape index (κ2) is 5.84. The van der Waals surface area contributed by atoms with Crippen molar-refractivity contribution < 1.29 is 9.15 Å². The lowest BCUT2D eigenvalue weighted by Crippen LogP contribution is -2.00. The van der Waals surface area contributed by atoms with Crippen LogP contribution in [0.3, 0.4) is 0 Å². The monoisotopic (exact) mass is 354 g/mol. The minimum atomic E-state index is -0.564. The van der Waals surface area contributed by atoms with Gasteiger partial charge in [0.15, 0.2) is 0 Å². The summed E-state index contributed by atoms with van der Waals surface area (Å²) in [5.41, 5.74) is 0.522. The molecule has 0 saturated heterocycles. The first kappa shape index (κ1) is 15.2. The second-order valence-corrected chi connectivity index (χ2v) is 5.93. The van der Waals surface area contributed by atoms with Gasteiger partial charge in [-0.3, -0.25) is 0 Å². The SMILES string of the molecule is Cc1cccc(Cl)c1Oc1cc(=O)oc2cc(Cl)cc(Cl)c12. The lowest BCUT2D eigenvalue weighted by atomic mass is 10.2. The van der Waals surface area contributed by atoms with Gasteiger partial charge in [0.25, 0.3) is 0 Å². The quantitative estimate of drug-likeness (QED) is 0.541. The molecule has 0 bridgehead atoms. The number of fused-ring (bicyclic) bond motifs is 1. The Kier molecular flexibility index (Phi) is 4.04. The van der Waals surface area contributed by atoms with Crippen molar-refractivity contribution in [2.75, 3.05) is 0 Å². The molecule has 6 heteroatoms. The largest absolute Gasteiger partial charge is 0.454 e. The Morgan fingerprint density at radius 2 is 1.82 bits per heavy atom. The molecule has 0 fully saturated rings. The molecule has 1 heterocycles. The van der Waals surface area contributed by atoms with Crippen LogP contribution in [0.25, 0.3) is 11.0 Å². The molecular weight excluding hydrogens is 347 g/mol. The molecule has 0 aliphatic rings. The molecule has 0 aliphatic heterocycles. The van der Waals surface area contributed by atoms with Gasteiger partial charge in [0.1, 0.15) is 17.1 Å². The number of hydrogen-bond donors (Lipinski definition) is 0. The van der Waals surface area contributed by atoms with Crippen molar-refractivity contribution in [2.24, 2.45) is 0 Å². The smallest absolute Gasteiger partial charge is 0.339 e. The normalized spacial score (nSPS) is 10.9. The zero-order valence-electron chi connectivity index (χ0n) is 11.3. The van der Waals surface area contributed by atoms with Gasteiger partial charge < -0.3 is 9.15 Å². The van der Waals surface area contributed by atoms with E-state index in [0.29, 0.717) is 26.2 Å². The van der Waals surface area contributed by atoms with Crippen molar-refractivity contribution >= 4 is 45.8 Å². The van der Waals surface area contributed by atoms with Crippen molar-refractivity contribution in [1.82, 2.24) is 0 Å². The van der Waals surface area contributed by atoms with Crippen molar-refractivity contribution in [1.29, 1.82) is 0 Å². The Hall–Kier alpha value is -1.68. The van der Waals surface area contributed by atoms with E-state index in [9.17, 15) is 4.79 Å². The van der Waals surface area contributed by atoms with Crippen LogP contribution in [-0.4, -0.2) is 0 Å². The van der Waals surface area contributed by atoms with Crippen LogP contribution in [-0.2, 0) is 0 Å². The van der Waals surface area contributed by atoms with Gasteiger partial charge in [0, 0.05) is 11.1 Å². The molecule has 0 amide bonds. The fourth-order valence-corrected chi connectivity index (χ4v) is 2.95. The maximum atomic E-state index is 11.7. The first-order valence-electron chi connectivity index (χ1n) is 6.31. The Morgan fingerprint density at radius 3 is 2.55 bits per heavy atom. The van der Waals surface area contributed by atoms with Crippen LogP contribution in [0.2, 0.25) is 15.1 Å². The average Bonchev–Trinajstić information content (AvgIpc) is 2.41. The number of aryl methyl sites for hydroxylation is 1. The first-order chi connectivity index (χ1) is 10.5. The topological polar surface area (TPSA) is 39.4 Å². The summed E-state index contributed by atoms with van der Waals surface area (Å²) in [4.78, 5) is 11.7. The van der Waals surface area contributed by atoms with E-state index in [-0.39, 0.29) is 11.3 Å². The highest BCUT2D eigenvalue weighted by Crippen LogP contribution is 2.38. The summed E-state index contributed by atoms with van der Waals surface area (Å²) in [5.74, 6) is 0.728. The molecule has 0 N–H and O–H groups in total. The molecule has 0 spiro atoms. The summed E-state index contributed by atoms with van der Waals surface area (Å²) in [5, 5.41) is 1.59. The Bertz CT molecular complexity index is 912. The summed E-state index contributed by atoms with van der Waals surface area (Å²) >= 11 is 18.3. The van der Waals surface area contributed by atoms with Gasteiger partial charge in [-0.1, -0.05) is 46.9 Å². The number of para-hydroxylation sites is 1. The second-order valence-electron chi connectivity index (χ2n) is 4.68. The van der Waals surface area contributed by atoms with Gasteiger partial charge in [-0.15, -0.1) is 0 Å². The van der Waals surface area contributed by atoms with Crippen LogP contribution in [0.5, 0.6) is 11.5 Å². The summed E-state index contributed by atoms with van der Waals surface area (Å²) in [6.07, 6.45) is 0. The van der Waals surface area contributed by atoms with Crippen LogP contribution in [0.4, 0.5) is 0 Å². The maximum absolute atomic E-state index is 11.7. The van der Waals surface area contributed by atoms with Crippen LogP contribution in [0, 0.1) is 6.92 Å². The minimum Gasteiger partial charge on any atom is -0.454 e. The molecule has 22 heavy (non-hydrogen) atoms. The van der Waals surface area contributed by atoms with Crippen molar-refractivity contribution in [3.63, 3.8) is 0 Å². The van der Waals surface area contributed by atoms with E-state index in [1.54, 1.807) is 12.1 Å². The molecule has 2 aromatic carbocycles. The van der Waals surface area contributed by atoms with Crippen LogP contribution >= 0.6 is 34.8 Å². The van der Waals surface area contributed by atoms with E-state index in [4.69, 9.17) is 44.0 Å². The van der Waals surface area contributed by atoms with Gasteiger partial charge in [0.2, 0.25) is 0 Å². The standard InChI is InChI=1S/C16H9Cl3O3/c1-8-3-2-4-10(18)16(8)22-13-7-14(20)21-12-6-9(17)5-11(19)15(12)13/h2-7H,1H3. The highest BCUT2D eigenvalue weighted by molar-refractivity contribution is 6.38. The fourth-order valence-electron chi connectivity index (χ4n) is 2.12. The molecular formula is C16H9Cl3O3. The third kappa shape index (κ3) is 2.80. The molecule has 3 aromatic rings. The first-order valence-corrected chi connectivity index (χ1v) is 7.45. The number of rotatable bonds is 2. The molecule has 0 atom stereocenters. The predicted octanol–water partition coefficient (Wildman–Crippen LogP) is 5.85. The van der Waals surface area contributed by atoms with E-state index in [1.165, 1.54) is 12.1 Å². The van der Waals surface area contributed by atoms with Gasteiger partial charge in [-0.2, -0.15) is 0 Å². The lowest BCUT2D eigenvalue weighted by molar-refractivity contribution is 0.472. The Morgan fingerprint density at radius 1 is 1.05 bits per heavy atom. The van der Waals surface area contributed by atoms with E-state index >= 15 is 0 Å². The van der Waals surface area contributed by atoms with E-state index in [1.807, 2.05) is 19.1 Å². The molecule has 0 radical (unpaired) electrons. The number of hydrogen-bond acceptors (Lipinski definition) is 3. The van der Waals surface area contributed by atoms with Crippen molar-refractivity contribution in [3.05, 3.63) is 67.4 Å². The maximum Gasteiger partial charge on any atom is 0.339 e. The van der Waals surface area contributed by atoms with Crippen molar-refractivity contribution in [3.8, 4) is 11.5 Å². The minimum absolute atomic E-state index is 0.254. The van der Waals surface area contributed by atoms with E-state index in [2.05, 4.69) is 0 Å². The average molecular weight is 356 g/mol. The summed E-state index contributed by atoms with van der Waals surface area (Å²) in [7, 11) is 0. The summed E-state index contributed by atoms with van der Waals surface area (Å²) in [6.45, 7) is 1.85. The van der Waals surface area contributed by atoms with Gasteiger partial charge in [-0.25, -0.2) is 4.79 Å². The molecule has 1 aromatic heterocycles. The van der Waals surface area contributed by atoms with E-state index < -0.39 is 5.63 Å². The van der Waals surface area contributed by atoms with Gasteiger partial charge in [-0.05, 0) is 24.6 Å². The third-order valence-electron chi connectivity index (χ3n) is 3.10. The highest BCUT2D eigenvalue weighted by Gasteiger charge is 2.15. The molecule has 3 nitrogen and oxygen atoms in total. The summed E-state index contributed by atoms with van der Waals surface area (Å²) in [6, 6.07) is 9.66. The molecule has 0 saturated carbocycles. The molecule has 112 valence electrons. The van der Waals surface area contributed by atoms with Gasteiger partial charge in [0.05, 0.1) is 21.5 Å². The Labute approximate surface area is 141 Å². The number of halogens is 3. The molecule has 0 aliphatic carbocycles. The fraction of sp³-hybridized carbons (Fsp3) is 0.0625. The van der Waals surface area contributed by atoms with E-state index in [0.717, 1.165) is 5.56 Å². The van der Waals surface area contributed by atoms with Crippen LogP contribution in [0.15, 0.2) is 45.6 Å². The summed E-state index contributed by atoms with van der Waals surface area (Å²) < 4.78 is 11.0. The molecule has 3 rings (SSSR count). The third-order valence-corrected chi connectivity index (χ3v) is 3.91.